The molecule has 1 saturated carbocycles. The number of thiazole rings is 1. The van der Waals surface area contributed by atoms with Crippen LogP contribution in [0.25, 0.3) is 10.2 Å². The van der Waals surface area contributed by atoms with Gasteiger partial charge in [-0.15, -0.1) is 11.3 Å². The van der Waals surface area contributed by atoms with Gasteiger partial charge in [0.2, 0.25) is 0 Å². The fourth-order valence-corrected chi connectivity index (χ4v) is 3.99. The summed E-state index contributed by atoms with van der Waals surface area (Å²) in [4.78, 5) is 17.0. The Balaban J connectivity index is 1.74. The molecule has 1 fully saturated rings. The van der Waals surface area contributed by atoms with E-state index >= 15 is 0 Å². The van der Waals surface area contributed by atoms with E-state index in [4.69, 9.17) is 5.73 Å². The van der Waals surface area contributed by atoms with Crippen molar-refractivity contribution >= 4 is 27.3 Å². The molecule has 3 nitrogen and oxygen atoms in total. The van der Waals surface area contributed by atoms with Gasteiger partial charge in [-0.05, 0) is 25.0 Å². The average molecular weight is 288 g/mol. The standard InChI is InChI=1S/C16H20N2OS/c17-12-7-3-1-2-6-11(12)14(19)10-16-18-13-8-4-5-9-15(13)20-16/h4-5,8-9,11-12H,1-3,6-7,10,17H2. The predicted molar refractivity (Wildman–Crippen MR) is 82.9 cm³/mol. The van der Waals surface area contributed by atoms with Gasteiger partial charge in [0.25, 0.3) is 0 Å². The molecule has 2 aromatic rings. The Morgan fingerprint density at radius 2 is 2.05 bits per heavy atom. The largest absolute Gasteiger partial charge is 0.327 e. The highest BCUT2D eigenvalue weighted by atomic mass is 32.1. The molecule has 1 heterocycles. The third-order valence-corrected chi connectivity index (χ3v) is 5.18. The Labute approximate surface area is 123 Å². The first-order chi connectivity index (χ1) is 9.74. The molecular weight excluding hydrogens is 268 g/mol. The van der Waals surface area contributed by atoms with E-state index < -0.39 is 0 Å². The van der Waals surface area contributed by atoms with E-state index in [1.54, 1.807) is 11.3 Å². The third-order valence-electron chi connectivity index (χ3n) is 4.15. The van der Waals surface area contributed by atoms with Crippen molar-refractivity contribution < 1.29 is 4.79 Å². The summed E-state index contributed by atoms with van der Waals surface area (Å²) in [5, 5.41) is 0.924. The number of Topliss-reactive ketones (excluding diaryl/α,β-unsaturated/α-hetero) is 1. The molecule has 0 amide bonds. The summed E-state index contributed by atoms with van der Waals surface area (Å²) in [6, 6.07) is 8.08. The lowest BCUT2D eigenvalue weighted by Gasteiger charge is -2.19. The Bertz CT molecular complexity index is 574. The molecule has 1 aliphatic carbocycles. The Morgan fingerprint density at radius 1 is 1.25 bits per heavy atom. The molecule has 2 unspecified atom stereocenters. The van der Waals surface area contributed by atoms with Gasteiger partial charge in [0.1, 0.15) is 10.8 Å². The molecule has 20 heavy (non-hydrogen) atoms. The molecule has 1 aromatic heterocycles. The predicted octanol–water partition coefficient (Wildman–Crippen LogP) is 3.32. The topological polar surface area (TPSA) is 56.0 Å². The normalized spacial score (nSPS) is 23.6. The number of benzene rings is 1. The lowest BCUT2D eigenvalue weighted by atomic mass is 9.90. The number of carbonyl (C=O) groups is 1. The Morgan fingerprint density at radius 3 is 2.90 bits per heavy atom. The molecule has 1 aromatic carbocycles. The van der Waals surface area contributed by atoms with Gasteiger partial charge in [-0.1, -0.05) is 31.4 Å². The van der Waals surface area contributed by atoms with Crippen LogP contribution in [0.1, 0.15) is 37.1 Å². The molecule has 0 radical (unpaired) electrons. The molecule has 0 aliphatic heterocycles. The zero-order chi connectivity index (χ0) is 13.9. The van der Waals surface area contributed by atoms with Gasteiger partial charge in [0.15, 0.2) is 0 Å². The van der Waals surface area contributed by atoms with Gasteiger partial charge in [-0.3, -0.25) is 4.79 Å². The molecule has 2 N–H and O–H groups in total. The molecule has 1 aliphatic rings. The SMILES string of the molecule is NC1CCCCCC1C(=O)Cc1nc2ccccc2s1. The zero-order valence-corrected chi connectivity index (χ0v) is 12.4. The van der Waals surface area contributed by atoms with Crippen LogP contribution in [-0.4, -0.2) is 16.8 Å². The van der Waals surface area contributed by atoms with E-state index in [-0.39, 0.29) is 17.7 Å². The fourth-order valence-electron chi connectivity index (χ4n) is 3.01. The second-order valence-electron chi connectivity index (χ2n) is 5.63. The molecule has 4 heteroatoms. The number of para-hydroxylation sites is 1. The highest BCUT2D eigenvalue weighted by Crippen LogP contribution is 2.26. The van der Waals surface area contributed by atoms with E-state index in [1.165, 1.54) is 6.42 Å². The number of hydrogen-bond acceptors (Lipinski definition) is 4. The smallest absolute Gasteiger partial charge is 0.144 e. The first kappa shape index (κ1) is 13.7. The number of carbonyl (C=O) groups excluding carboxylic acids is 1. The Hall–Kier alpha value is -1.26. The van der Waals surface area contributed by atoms with Crippen LogP contribution < -0.4 is 5.73 Å². The van der Waals surface area contributed by atoms with Crippen LogP contribution in [0.4, 0.5) is 0 Å². The van der Waals surface area contributed by atoms with Gasteiger partial charge >= 0.3 is 0 Å². The van der Waals surface area contributed by atoms with E-state index in [0.717, 1.165) is 40.9 Å². The van der Waals surface area contributed by atoms with E-state index in [2.05, 4.69) is 11.1 Å². The van der Waals surface area contributed by atoms with Crippen molar-refractivity contribution in [3.05, 3.63) is 29.3 Å². The minimum Gasteiger partial charge on any atom is -0.327 e. The summed E-state index contributed by atoms with van der Waals surface area (Å²) < 4.78 is 1.15. The van der Waals surface area contributed by atoms with Crippen molar-refractivity contribution in [2.45, 2.75) is 44.6 Å². The molecule has 2 atom stereocenters. The summed E-state index contributed by atoms with van der Waals surface area (Å²) in [7, 11) is 0. The molecule has 3 rings (SSSR count). The van der Waals surface area contributed by atoms with Crippen molar-refractivity contribution in [3.8, 4) is 0 Å². The first-order valence-electron chi connectivity index (χ1n) is 7.37. The van der Waals surface area contributed by atoms with Crippen molar-refractivity contribution in [1.29, 1.82) is 0 Å². The van der Waals surface area contributed by atoms with Crippen LogP contribution in [0.15, 0.2) is 24.3 Å². The van der Waals surface area contributed by atoms with E-state index in [1.807, 2.05) is 18.2 Å². The number of hydrogen-bond donors (Lipinski definition) is 1. The second-order valence-corrected chi connectivity index (χ2v) is 6.74. The summed E-state index contributed by atoms with van der Waals surface area (Å²) in [5.74, 6) is 0.308. The molecule has 106 valence electrons. The minimum atomic E-state index is 0.0320. The van der Waals surface area contributed by atoms with Crippen LogP contribution >= 0.6 is 11.3 Å². The summed E-state index contributed by atoms with van der Waals surface area (Å²) in [6.07, 6.45) is 5.87. The van der Waals surface area contributed by atoms with Gasteiger partial charge in [-0.25, -0.2) is 4.98 Å². The quantitative estimate of drug-likeness (QED) is 0.881. The van der Waals surface area contributed by atoms with Crippen LogP contribution in [-0.2, 0) is 11.2 Å². The van der Waals surface area contributed by atoms with Crippen LogP contribution in [0.2, 0.25) is 0 Å². The average Bonchev–Trinajstić information content (AvgIpc) is 2.71. The Kier molecular flexibility index (Phi) is 4.13. The molecule has 0 spiro atoms. The summed E-state index contributed by atoms with van der Waals surface area (Å²) >= 11 is 1.62. The van der Waals surface area contributed by atoms with Crippen LogP contribution in [0, 0.1) is 5.92 Å². The second kappa shape index (κ2) is 6.02. The number of fused-ring (bicyclic) bond motifs is 1. The number of aromatic nitrogens is 1. The van der Waals surface area contributed by atoms with Gasteiger partial charge < -0.3 is 5.73 Å². The maximum absolute atomic E-state index is 12.5. The van der Waals surface area contributed by atoms with Crippen molar-refractivity contribution in [2.24, 2.45) is 11.7 Å². The number of ketones is 1. The van der Waals surface area contributed by atoms with Crippen molar-refractivity contribution in [1.82, 2.24) is 4.98 Å². The highest BCUT2D eigenvalue weighted by molar-refractivity contribution is 7.18. The highest BCUT2D eigenvalue weighted by Gasteiger charge is 2.27. The summed E-state index contributed by atoms with van der Waals surface area (Å²) in [6.45, 7) is 0. The van der Waals surface area contributed by atoms with Crippen LogP contribution in [0.3, 0.4) is 0 Å². The maximum atomic E-state index is 12.5. The number of nitrogens with zero attached hydrogens (tertiary/aromatic N) is 1. The summed E-state index contributed by atoms with van der Waals surface area (Å²) in [5.41, 5.74) is 7.16. The lowest BCUT2D eigenvalue weighted by molar-refractivity contribution is -0.123. The number of nitrogens with two attached hydrogens (primary N) is 1. The van der Waals surface area contributed by atoms with Gasteiger partial charge in [0.05, 0.1) is 16.6 Å². The number of rotatable bonds is 3. The first-order valence-corrected chi connectivity index (χ1v) is 8.18. The van der Waals surface area contributed by atoms with Crippen LogP contribution in [0.5, 0.6) is 0 Å². The van der Waals surface area contributed by atoms with Crippen molar-refractivity contribution in [3.63, 3.8) is 0 Å². The lowest BCUT2D eigenvalue weighted by Crippen LogP contribution is -2.35. The zero-order valence-electron chi connectivity index (χ0n) is 11.5. The van der Waals surface area contributed by atoms with Gasteiger partial charge in [-0.2, -0.15) is 0 Å². The molecule has 0 saturated heterocycles. The third kappa shape index (κ3) is 2.91. The van der Waals surface area contributed by atoms with E-state index in [9.17, 15) is 4.79 Å². The van der Waals surface area contributed by atoms with Crippen molar-refractivity contribution in [2.75, 3.05) is 0 Å². The van der Waals surface area contributed by atoms with E-state index in [0.29, 0.717) is 6.42 Å². The monoisotopic (exact) mass is 288 g/mol. The molecule has 0 bridgehead atoms. The van der Waals surface area contributed by atoms with Gasteiger partial charge in [0, 0.05) is 12.0 Å². The fraction of sp³-hybridized carbons (Fsp3) is 0.500. The molecular formula is C16H20N2OS. The minimum absolute atomic E-state index is 0.0320. The maximum Gasteiger partial charge on any atom is 0.144 e.